The Labute approximate surface area is 108 Å². The van der Waals surface area contributed by atoms with Gasteiger partial charge < -0.3 is 15.7 Å². The normalized spacial score (nSPS) is 11.3. The van der Waals surface area contributed by atoms with Crippen LogP contribution in [0.3, 0.4) is 0 Å². The van der Waals surface area contributed by atoms with Gasteiger partial charge in [0.05, 0.1) is 5.92 Å². The molecule has 0 aliphatic rings. The number of carboxylic acid groups (broad SMARTS) is 1. The molecule has 3 N–H and O–H groups in total. The van der Waals surface area contributed by atoms with Gasteiger partial charge in [0.15, 0.2) is 0 Å². The summed E-state index contributed by atoms with van der Waals surface area (Å²) < 4.78 is 0. The van der Waals surface area contributed by atoms with E-state index in [-0.39, 0.29) is 12.6 Å². The summed E-state index contributed by atoms with van der Waals surface area (Å²) in [6.07, 6.45) is 8.87. The summed E-state index contributed by atoms with van der Waals surface area (Å²) in [6, 6.07) is -0.321. The lowest BCUT2D eigenvalue weighted by Gasteiger charge is -2.12. The Morgan fingerprint density at radius 2 is 2.06 bits per heavy atom. The first-order chi connectivity index (χ1) is 8.61. The molecule has 2 amide bonds. The maximum Gasteiger partial charge on any atom is 0.314 e. The third kappa shape index (κ3) is 8.45. The molecule has 0 aromatic heterocycles. The summed E-state index contributed by atoms with van der Waals surface area (Å²) >= 11 is 0. The molecule has 0 aromatic carbocycles. The highest BCUT2D eigenvalue weighted by molar-refractivity contribution is 5.75. The van der Waals surface area contributed by atoms with E-state index in [0.717, 1.165) is 19.3 Å². The standard InChI is InChI=1S/C13H22N2O3/c1-3-5-6-7-9-14-13(18)15-10-11(8-4-2)12(16)17/h1,11H,4-10H2,2H3,(H,16,17)(H2,14,15,18). The summed E-state index contributed by atoms with van der Waals surface area (Å²) in [6.45, 7) is 2.64. The third-order valence-electron chi connectivity index (χ3n) is 2.53. The second-order valence-electron chi connectivity index (χ2n) is 4.12. The van der Waals surface area contributed by atoms with Gasteiger partial charge in [-0.3, -0.25) is 4.79 Å². The Kier molecular flexibility index (Phi) is 9.47. The molecule has 0 fully saturated rings. The second-order valence-corrected chi connectivity index (χ2v) is 4.12. The molecule has 0 spiro atoms. The molecule has 5 heteroatoms. The minimum absolute atomic E-state index is 0.166. The van der Waals surface area contributed by atoms with Crippen molar-refractivity contribution in [2.45, 2.75) is 39.0 Å². The van der Waals surface area contributed by atoms with Gasteiger partial charge in [0.1, 0.15) is 0 Å². The number of urea groups is 1. The van der Waals surface area contributed by atoms with Crippen molar-refractivity contribution in [2.75, 3.05) is 13.1 Å². The van der Waals surface area contributed by atoms with E-state index in [0.29, 0.717) is 19.4 Å². The number of carbonyl (C=O) groups excluding carboxylic acids is 1. The number of aliphatic carboxylic acids is 1. The van der Waals surface area contributed by atoms with E-state index >= 15 is 0 Å². The fourth-order valence-corrected chi connectivity index (χ4v) is 1.49. The van der Waals surface area contributed by atoms with Gasteiger partial charge >= 0.3 is 12.0 Å². The molecule has 0 heterocycles. The largest absolute Gasteiger partial charge is 0.481 e. The quantitative estimate of drug-likeness (QED) is 0.432. The maximum absolute atomic E-state index is 11.4. The van der Waals surface area contributed by atoms with E-state index in [2.05, 4.69) is 16.6 Å². The Balaban J connectivity index is 3.68. The first-order valence-electron chi connectivity index (χ1n) is 6.29. The topological polar surface area (TPSA) is 78.4 Å². The lowest BCUT2D eigenvalue weighted by atomic mass is 10.0. The van der Waals surface area contributed by atoms with Gasteiger partial charge in [-0.2, -0.15) is 0 Å². The van der Waals surface area contributed by atoms with Gasteiger partial charge in [0, 0.05) is 19.5 Å². The van der Waals surface area contributed by atoms with Crippen LogP contribution >= 0.6 is 0 Å². The molecule has 1 unspecified atom stereocenters. The van der Waals surface area contributed by atoms with Crippen LogP contribution < -0.4 is 10.6 Å². The van der Waals surface area contributed by atoms with Crippen LogP contribution in [-0.2, 0) is 4.79 Å². The number of hydrogen-bond acceptors (Lipinski definition) is 2. The number of nitrogens with one attached hydrogen (secondary N) is 2. The van der Waals surface area contributed by atoms with Crippen LogP contribution in [0, 0.1) is 18.3 Å². The van der Waals surface area contributed by atoms with Crippen molar-refractivity contribution in [1.82, 2.24) is 10.6 Å². The molecule has 102 valence electrons. The molecule has 0 aliphatic carbocycles. The van der Waals surface area contributed by atoms with Crippen molar-refractivity contribution in [2.24, 2.45) is 5.92 Å². The second kappa shape index (κ2) is 10.5. The molecule has 0 radical (unpaired) electrons. The van der Waals surface area contributed by atoms with Gasteiger partial charge in [-0.05, 0) is 19.3 Å². The van der Waals surface area contributed by atoms with E-state index in [1.807, 2.05) is 6.92 Å². The van der Waals surface area contributed by atoms with Gasteiger partial charge in [0.25, 0.3) is 0 Å². The lowest BCUT2D eigenvalue weighted by Crippen LogP contribution is -2.40. The van der Waals surface area contributed by atoms with Crippen molar-refractivity contribution in [3.05, 3.63) is 0 Å². The molecule has 0 aliphatic heterocycles. The zero-order valence-electron chi connectivity index (χ0n) is 10.9. The average Bonchev–Trinajstić information content (AvgIpc) is 2.33. The first kappa shape index (κ1) is 16.3. The summed E-state index contributed by atoms with van der Waals surface area (Å²) in [5.41, 5.74) is 0. The number of terminal acetylenes is 1. The highest BCUT2D eigenvalue weighted by atomic mass is 16.4. The molecular weight excluding hydrogens is 232 g/mol. The van der Waals surface area contributed by atoms with Crippen LogP contribution in [0.15, 0.2) is 0 Å². The number of rotatable bonds is 9. The molecule has 0 aromatic rings. The smallest absolute Gasteiger partial charge is 0.314 e. The van der Waals surface area contributed by atoms with E-state index in [1.54, 1.807) is 0 Å². The van der Waals surface area contributed by atoms with Crippen LogP contribution in [0.1, 0.15) is 39.0 Å². The third-order valence-corrected chi connectivity index (χ3v) is 2.53. The van der Waals surface area contributed by atoms with Gasteiger partial charge in [-0.15, -0.1) is 12.3 Å². The highest BCUT2D eigenvalue weighted by Gasteiger charge is 2.16. The van der Waals surface area contributed by atoms with Crippen LogP contribution in [-0.4, -0.2) is 30.2 Å². The van der Waals surface area contributed by atoms with Crippen molar-refractivity contribution < 1.29 is 14.7 Å². The van der Waals surface area contributed by atoms with Gasteiger partial charge in [-0.1, -0.05) is 13.3 Å². The first-order valence-corrected chi connectivity index (χ1v) is 6.29. The van der Waals surface area contributed by atoms with E-state index in [9.17, 15) is 9.59 Å². The summed E-state index contributed by atoms with van der Waals surface area (Å²) in [4.78, 5) is 22.2. The number of unbranched alkanes of at least 4 members (excludes halogenated alkanes) is 2. The molecule has 18 heavy (non-hydrogen) atoms. The number of carbonyl (C=O) groups is 2. The van der Waals surface area contributed by atoms with Crippen molar-refractivity contribution >= 4 is 12.0 Å². The molecule has 0 saturated carbocycles. The van der Waals surface area contributed by atoms with Crippen molar-refractivity contribution in [3.8, 4) is 12.3 Å². The van der Waals surface area contributed by atoms with Gasteiger partial charge in [-0.25, -0.2) is 4.79 Å². The lowest BCUT2D eigenvalue weighted by molar-refractivity contribution is -0.141. The Morgan fingerprint density at radius 1 is 1.33 bits per heavy atom. The predicted molar refractivity (Wildman–Crippen MR) is 70.1 cm³/mol. The Bertz CT molecular complexity index is 297. The predicted octanol–water partition coefficient (Wildman–Crippen LogP) is 1.59. The molecule has 5 nitrogen and oxygen atoms in total. The number of hydrogen-bond donors (Lipinski definition) is 3. The van der Waals surface area contributed by atoms with Crippen LogP contribution in [0.25, 0.3) is 0 Å². The van der Waals surface area contributed by atoms with E-state index < -0.39 is 11.9 Å². The summed E-state index contributed by atoms with van der Waals surface area (Å²) in [5, 5.41) is 14.1. The summed E-state index contributed by atoms with van der Waals surface area (Å²) in [5.74, 6) is 1.15. The molecular formula is C13H22N2O3. The zero-order chi connectivity index (χ0) is 13.8. The number of amides is 2. The van der Waals surface area contributed by atoms with Crippen molar-refractivity contribution in [3.63, 3.8) is 0 Å². The molecule has 0 bridgehead atoms. The van der Waals surface area contributed by atoms with Crippen LogP contribution in [0.5, 0.6) is 0 Å². The van der Waals surface area contributed by atoms with E-state index in [4.69, 9.17) is 11.5 Å². The van der Waals surface area contributed by atoms with Crippen LogP contribution in [0.2, 0.25) is 0 Å². The maximum atomic E-state index is 11.4. The zero-order valence-corrected chi connectivity index (χ0v) is 10.9. The minimum Gasteiger partial charge on any atom is -0.481 e. The summed E-state index contributed by atoms with van der Waals surface area (Å²) in [7, 11) is 0. The molecule has 0 saturated heterocycles. The van der Waals surface area contributed by atoms with Crippen molar-refractivity contribution in [1.29, 1.82) is 0 Å². The molecule has 0 rings (SSSR count). The fraction of sp³-hybridized carbons (Fsp3) is 0.692. The minimum atomic E-state index is -0.869. The van der Waals surface area contributed by atoms with Gasteiger partial charge in [0.2, 0.25) is 0 Å². The fourth-order valence-electron chi connectivity index (χ4n) is 1.49. The Morgan fingerprint density at radius 3 is 2.61 bits per heavy atom. The van der Waals surface area contributed by atoms with E-state index in [1.165, 1.54) is 0 Å². The SMILES string of the molecule is C#CCCCCNC(=O)NCC(CCC)C(=O)O. The van der Waals surface area contributed by atoms with Crippen LogP contribution in [0.4, 0.5) is 4.79 Å². The monoisotopic (exact) mass is 254 g/mol. The molecule has 1 atom stereocenters. The average molecular weight is 254 g/mol. The highest BCUT2D eigenvalue weighted by Crippen LogP contribution is 2.04. The Hall–Kier alpha value is -1.70. The number of carboxylic acids is 1.